The number of rotatable bonds is 7. The summed E-state index contributed by atoms with van der Waals surface area (Å²) in [5.74, 6) is -0.867. The molecule has 0 saturated carbocycles. The lowest BCUT2D eigenvalue weighted by Gasteiger charge is -2.16. The van der Waals surface area contributed by atoms with Crippen molar-refractivity contribution in [1.29, 1.82) is 0 Å². The second-order valence-electron chi connectivity index (χ2n) is 5.03. The van der Waals surface area contributed by atoms with Crippen molar-refractivity contribution in [3.63, 3.8) is 0 Å². The van der Waals surface area contributed by atoms with Crippen LogP contribution in [0.3, 0.4) is 0 Å². The van der Waals surface area contributed by atoms with Gasteiger partial charge in [-0.2, -0.15) is 0 Å². The zero-order valence-electron chi connectivity index (χ0n) is 12.9. The molecule has 2 rings (SSSR count). The summed E-state index contributed by atoms with van der Waals surface area (Å²) in [5.41, 5.74) is 1.16. The van der Waals surface area contributed by atoms with Crippen molar-refractivity contribution in [2.75, 3.05) is 13.2 Å². The molecule has 0 unspecified atom stereocenters. The van der Waals surface area contributed by atoms with E-state index in [9.17, 15) is 9.59 Å². The Kier molecular flexibility index (Phi) is 5.86. The van der Waals surface area contributed by atoms with Crippen molar-refractivity contribution < 1.29 is 19.1 Å². The SMILES string of the molecule is CC(=O)OCC(CCn1cnc2ncnc(Cl)c21)COC(C)=O. The van der Waals surface area contributed by atoms with Gasteiger partial charge in [0.25, 0.3) is 0 Å². The molecule has 0 aliphatic rings. The predicted octanol–water partition coefficient (Wildman–Crippen LogP) is 1.61. The smallest absolute Gasteiger partial charge is 0.302 e. The Balaban J connectivity index is 2.03. The molecule has 9 heteroatoms. The minimum atomic E-state index is -0.373. The van der Waals surface area contributed by atoms with Gasteiger partial charge in [-0.25, -0.2) is 15.0 Å². The van der Waals surface area contributed by atoms with Gasteiger partial charge in [0.2, 0.25) is 0 Å². The summed E-state index contributed by atoms with van der Waals surface area (Å²) in [6, 6.07) is 0. The number of fused-ring (bicyclic) bond motifs is 1. The van der Waals surface area contributed by atoms with E-state index in [4.69, 9.17) is 21.1 Å². The molecule has 23 heavy (non-hydrogen) atoms. The third-order valence-electron chi connectivity index (χ3n) is 3.19. The third-order valence-corrected chi connectivity index (χ3v) is 3.46. The zero-order valence-corrected chi connectivity index (χ0v) is 13.6. The number of nitrogens with zero attached hydrogens (tertiary/aromatic N) is 4. The van der Waals surface area contributed by atoms with Crippen LogP contribution in [0, 0.1) is 5.92 Å². The first-order valence-corrected chi connectivity index (χ1v) is 7.43. The van der Waals surface area contributed by atoms with E-state index in [0.29, 0.717) is 29.3 Å². The number of halogens is 1. The fourth-order valence-electron chi connectivity index (χ4n) is 2.05. The summed E-state index contributed by atoms with van der Waals surface area (Å²) in [6.07, 6.45) is 3.59. The molecule has 0 aliphatic heterocycles. The summed E-state index contributed by atoms with van der Waals surface area (Å²) >= 11 is 6.07. The summed E-state index contributed by atoms with van der Waals surface area (Å²) < 4.78 is 11.8. The maximum Gasteiger partial charge on any atom is 0.302 e. The van der Waals surface area contributed by atoms with Crippen molar-refractivity contribution in [3.05, 3.63) is 17.8 Å². The molecule has 0 bridgehead atoms. The van der Waals surface area contributed by atoms with Crippen LogP contribution < -0.4 is 0 Å². The molecule has 0 spiro atoms. The van der Waals surface area contributed by atoms with Gasteiger partial charge >= 0.3 is 11.9 Å². The highest BCUT2D eigenvalue weighted by Crippen LogP contribution is 2.19. The topological polar surface area (TPSA) is 96.2 Å². The van der Waals surface area contributed by atoms with Gasteiger partial charge in [0.15, 0.2) is 10.8 Å². The van der Waals surface area contributed by atoms with Crippen molar-refractivity contribution >= 4 is 34.7 Å². The maximum atomic E-state index is 11.0. The van der Waals surface area contributed by atoms with Crippen LogP contribution in [0.2, 0.25) is 5.15 Å². The lowest BCUT2D eigenvalue weighted by molar-refractivity contribution is -0.146. The van der Waals surface area contributed by atoms with Gasteiger partial charge in [0.1, 0.15) is 11.8 Å². The van der Waals surface area contributed by atoms with E-state index in [1.807, 2.05) is 4.57 Å². The molecule has 2 heterocycles. The van der Waals surface area contributed by atoms with Crippen molar-refractivity contribution in [3.8, 4) is 0 Å². The number of ether oxygens (including phenoxy) is 2. The van der Waals surface area contributed by atoms with Gasteiger partial charge in [0, 0.05) is 26.3 Å². The van der Waals surface area contributed by atoms with Gasteiger partial charge in [-0.15, -0.1) is 0 Å². The molecule has 0 amide bonds. The van der Waals surface area contributed by atoms with Crippen LogP contribution in [0.15, 0.2) is 12.7 Å². The van der Waals surface area contributed by atoms with E-state index in [0.717, 1.165) is 0 Å². The fourth-order valence-corrected chi connectivity index (χ4v) is 2.29. The normalized spacial score (nSPS) is 11.0. The minimum Gasteiger partial charge on any atom is -0.465 e. The molecule has 0 aromatic carbocycles. The van der Waals surface area contributed by atoms with E-state index >= 15 is 0 Å². The molecule has 124 valence electrons. The summed E-state index contributed by atoms with van der Waals surface area (Å²) in [6.45, 7) is 3.59. The van der Waals surface area contributed by atoms with Crippen LogP contribution in [0.4, 0.5) is 0 Å². The monoisotopic (exact) mass is 340 g/mol. The summed E-state index contributed by atoms with van der Waals surface area (Å²) in [7, 11) is 0. The molecular weight excluding hydrogens is 324 g/mol. The van der Waals surface area contributed by atoms with E-state index in [-0.39, 0.29) is 31.1 Å². The first-order valence-electron chi connectivity index (χ1n) is 7.05. The van der Waals surface area contributed by atoms with E-state index < -0.39 is 0 Å². The molecule has 0 aliphatic carbocycles. The van der Waals surface area contributed by atoms with Crippen molar-refractivity contribution in [1.82, 2.24) is 19.5 Å². The predicted molar refractivity (Wildman–Crippen MR) is 81.7 cm³/mol. The highest BCUT2D eigenvalue weighted by Gasteiger charge is 2.15. The minimum absolute atomic E-state index is 0.122. The highest BCUT2D eigenvalue weighted by atomic mass is 35.5. The molecule has 0 atom stereocenters. The van der Waals surface area contributed by atoms with Crippen LogP contribution in [0.5, 0.6) is 0 Å². The van der Waals surface area contributed by atoms with Gasteiger partial charge in [-0.3, -0.25) is 9.59 Å². The molecule has 0 N–H and O–H groups in total. The molecule has 8 nitrogen and oxygen atoms in total. The Bertz CT molecular complexity index is 685. The van der Waals surface area contributed by atoms with Gasteiger partial charge < -0.3 is 14.0 Å². The zero-order chi connectivity index (χ0) is 16.8. The number of hydrogen-bond acceptors (Lipinski definition) is 7. The quantitative estimate of drug-likeness (QED) is 0.558. The lowest BCUT2D eigenvalue weighted by Crippen LogP contribution is -2.21. The molecule has 0 saturated heterocycles. The van der Waals surface area contributed by atoms with Crippen LogP contribution >= 0.6 is 11.6 Å². The van der Waals surface area contributed by atoms with E-state index in [1.54, 1.807) is 6.33 Å². The van der Waals surface area contributed by atoms with Crippen LogP contribution in [0.1, 0.15) is 20.3 Å². The second kappa shape index (κ2) is 7.87. The Morgan fingerprint density at radius 2 is 1.83 bits per heavy atom. The maximum absolute atomic E-state index is 11.0. The number of carbonyl (C=O) groups is 2. The van der Waals surface area contributed by atoms with Crippen molar-refractivity contribution in [2.45, 2.75) is 26.8 Å². The average Bonchev–Trinajstić information content (AvgIpc) is 2.90. The van der Waals surface area contributed by atoms with E-state index in [1.165, 1.54) is 20.2 Å². The van der Waals surface area contributed by atoms with Crippen molar-refractivity contribution in [2.24, 2.45) is 5.92 Å². The number of hydrogen-bond donors (Lipinski definition) is 0. The molecular formula is C14H17ClN4O4. The van der Waals surface area contributed by atoms with Gasteiger partial charge in [-0.1, -0.05) is 11.6 Å². The largest absolute Gasteiger partial charge is 0.465 e. The summed E-state index contributed by atoms with van der Waals surface area (Å²) in [5, 5.41) is 0.323. The fraction of sp³-hybridized carbons (Fsp3) is 0.500. The standard InChI is InChI=1S/C14H17ClN4O4/c1-9(20)22-5-11(6-23-10(2)21)3-4-19-8-18-14-12(19)13(15)16-7-17-14/h7-8,11H,3-6H2,1-2H3. The third kappa shape index (κ3) is 4.88. The number of carbonyl (C=O) groups excluding carboxylic acids is 2. The van der Waals surface area contributed by atoms with Gasteiger partial charge in [0.05, 0.1) is 19.5 Å². The molecule has 2 aromatic rings. The van der Waals surface area contributed by atoms with Crippen LogP contribution in [-0.2, 0) is 25.6 Å². The van der Waals surface area contributed by atoms with Crippen LogP contribution in [-0.4, -0.2) is 44.7 Å². The number of esters is 2. The molecule has 0 fully saturated rings. The van der Waals surface area contributed by atoms with Gasteiger partial charge in [-0.05, 0) is 6.42 Å². The molecule has 0 radical (unpaired) electrons. The Labute approximate surface area is 137 Å². The van der Waals surface area contributed by atoms with Crippen LogP contribution in [0.25, 0.3) is 11.2 Å². The number of imidazole rings is 1. The number of aromatic nitrogens is 4. The van der Waals surface area contributed by atoms with E-state index in [2.05, 4.69) is 15.0 Å². The average molecular weight is 341 g/mol. The number of aryl methyl sites for hydroxylation is 1. The molecule has 2 aromatic heterocycles. The Morgan fingerprint density at radius 1 is 1.17 bits per heavy atom. The second-order valence-corrected chi connectivity index (χ2v) is 5.39. The highest BCUT2D eigenvalue weighted by molar-refractivity contribution is 6.33. The lowest BCUT2D eigenvalue weighted by atomic mass is 10.1. The Morgan fingerprint density at radius 3 is 2.43 bits per heavy atom. The first-order chi connectivity index (χ1) is 11.0. The first kappa shape index (κ1) is 17.1. The summed E-state index contributed by atoms with van der Waals surface area (Å²) in [4.78, 5) is 34.1. The Hall–Kier alpha value is -2.22.